The lowest BCUT2D eigenvalue weighted by molar-refractivity contribution is -0.130. The van der Waals surface area contributed by atoms with E-state index in [2.05, 4.69) is 4.98 Å². The molecule has 146 valence electrons. The molecule has 2 heterocycles. The second-order valence-electron chi connectivity index (χ2n) is 6.30. The Balaban J connectivity index is 1.98. The highest BCUT2D eigenvalue weighted by atomic mass is 32.2. The van der Waals surface area contributed by atoms with Crippen LogP contribution in [0.4, 0.5) is 0 Å². The van der Waals surface area contributed by atoms with Crippen molar-refractivity contribution in [2.45, 2.75) is 37.3 Å². The van der Waals surface area contributed by atoms with Crippen LogP contribution in [-0.2, 0) is 20.8 Å². The molecular formula is C18H22N2O6S. The number of benzene rings is 1. The van der Waals surface area contributed by atoms with E-state index in [9.17, 15) is 14.7 Å². The van der Waals surface area contributed by atoms with Gasteiger partial charge in [0.05, 0.1) is 48.9 Å². The van der Waals surface area contributed by atoms with Gasteiger partial charge in [0, 0.05) is 5.75 Å². The number of ether oxygens (including phenoxy) is 3. The van der Waals surface area contributed by atoms with Gasteiger partial charge in [0.2, 0.25) is 0 Å². The summed E-state index contributed by atoms with van der Waals surface area (Å²) in [5.74, 6) is 0.120. The largest absolute Gasteiger partial charge is 0.465 e. The molecule has 0 saturated carbocycles. The Morgan fingerprint density at radius 3 is 3.00 bits per heavy atom. The van der Waals surface area contributed by atoms with Gasteiger partial charge in [-0.3, -0.25) is 9.36 Å². The molecule has 3 rings (SSSR count). The summed E-state index contributed by atoms with van der Waals surface area (Å²) in [6.07, 6.45) is 0.0842. The molecule has 0 bridgehead atoms. The number of esters is 1. The van der Waals surface area contributed by atoms with Gasteiger partial charge in [-0.2, -0.15) is 0 Å². The van der Waals surface area contributed by atoms with E-state index < -0.39 is 12.1 Å². The fourth-order valence-electron chi connectivity index (χ4n) is 2.78. The van der Waals surface area contributed by atoms with Crippen LogP contribution in [0.3, 0.4) is 0 Å². The zero-order chi connectivity index (χ0) is 19.4. The lowest BCUT2D eigenvalue weighted by atomic mass is 10.1. The zero-order valence-corrected chi connectivity index (χ0v) is 16.0. The maximum absolute atomic E-state index is 12.9. The van der Waals surface area contributed by atoms with E-state index in [0.717, 1.165) is 6.42 Å². The summed E-state index contributed by atoms with van der Waals surface area (Å²) in [4.78, 5) is 29.3. The van der Waals surface area contributed by atoms with Gasteiger partial charge in [0.15, 0.2) is 5.16 Å². The number of nitrogens with zero attached hydrogens (tertiary/aromatic N) is 2. The first-order valence-electron chi connectivity index (χ1n) is 8.62. The molecule has 0 radical (unpaired) electrons. The predicted molar refractivity (Wildman–Crippen MR) is 100 cm³/mol. The number of aromatic nitrogens is 2. The molecule has 1 fully saturated rings. The monoisotopic (exact) mass is 394 g/mol. The van der Waals surface area contributed by atoms with E-state index in [0.29, 0.717) is 34.0 Å². The van der Waals surface area contributed by atoms with Gasteiger partial charge in [0.25, 0.3) is 5.56 Å². The van der Waals surface area contributed by atoms with Gasteiger partial charge in [0.1, 0.15) is 6.79 Å². The van der Waals surface area contributed by atoms with E-state index in [1.807, 2.05) is 0 Å². The van der Waals surface area contributed by atoms with Crippen LogP contribution in [0.2, 0.25) is 0 Å². The minimum Gasteiger partial charge on any atom is -0.465 e. The topological polar surface area (TPSA) is 99.9 Å². The van der Waals surface area contributed by atoms with Crippen molar-refractivity contribution in [3.05, 3.63) is 34.1 Å². The van der Waals surface area contributed by atoms with Crippen molar-refractivity contribution in [3.8, 4) is 0 Å². The van der Waals surface area contributed by atoms with E-state index in [1.54, 1.807) is 19.1 Å². The Kier molecular flexibility index (Phi) is 6.48. The summed E-state index contributed by atoms with van der Waals surface area (Å²) < 4.78 is 16.9. The van der Waals surface area contributed by atoms with E-state index >= 15 is 0 Å². The SMILES string of the molecule is COC(=O)c1ccc2c(=O)n(C[C@@H](C)O)c(SC[C@H]3CCOCO3)nc2c1. The molecule has 2 atom stereocenters. The summed E-state index contributed by atoms with van der Waals surface area (Å²) in [5.41, 5.74) is 0.488. The number of aliphatic hydroxyl groups excluding tert-OH is 1. The Morgan fingerprint density at radius 1 is 1.52 bits per heavy atom. The van der Waals surface area contributed by atoms with Crippen molar-refractivity contribution in [3.63, 3.8) is 0 Å². The summed E-state index contributed by atoms with van der Waals surface area (Å²) >= 11 is 1.39. The lowest BCUT2D eigenvalue weighted by Gasteiger charge is -2.23. The van der Waals surface area contributed by atoms with Crippen LogP contribution in [0.1, 0.15) is 23.7 Å². The van der Waals surface area contributed by atoms with Crippen LogP contribution < -0.4 is 5.56 Å². The molecule has 0 spiro atoms. The first-order chi connectivity index (χ1) is 13.0. The molecule has 1 aliphatic heterocycles. The average molecular weight is 394 g/mol. The van der Waals surface area contributed by atoms with Gasteiger partial charge in [-0.15, -0.1) is 0 Å². The Bertz CT molecular complexity index is 876. The maximum atomic E-state index is 12.9. The lowest BCUT2D eigenvalue weighted by Crippen LogP contribution is -2.29. The molecule has 1 aliphatic rings. The number of hydrogen-bond donors (Lipinski definition) is 1. The third kappa shape index (κ3) is 4.67. The number of rotatable bonds is 6. The number of carbonyl (C=O) groups is 1. The number of methoxy groups -OCH3 is 1. The molecule has 8 nitrogen and oxygen atoms in total. The van der Waals surface area contributed by atoms with Crippen molar-refractivity contribution in [2.75, 3.05) is 26.3 Å². The molecule has 27 heavy (non-hydrogen) atoms. The van der Waals surface area contributed by atoms with Crippen LogP contribution in [0, 0.1) is 0 Å². The molecule has 1 aromatic heterocycles. The number of fused-ring (bicyclic) bond motifs is 1. The third-order valence-electron chi connectivity index (χ3n) is 4.16. The van der Waals surface area contributed by atoms with E-state index in [-0.39, 0.29) is 25.0 Å². The fourth-order valence-corrected chi connectivity index (χ4v) is 3.86. The third-order valence-corrected chi connectivity index (χ3v) is 5.27. The van der Waals surface area contributed by atoms with Crippen LogP contribution in [0.5, 0.6) is 0 Å². The van der Waals surface area contributed by atoms with Crippen molar-refractivity contribution in [1.82, 2.24) is 9.55 Å². The van der Waals surface area contributed by atoms with Crippen LogP contribution >= 0.6 is 11.8 Å². The molecule has 9 heteroatoms. The molecule has 0 amide bonds. The second-order valence-corrected chi connectivity index (χ2v) is 7.28. The standard InChI is InChI=1S/C18H22N2O6S/c1-11(21)8-20-16(22)14-4-3-12(17(23)24-2)7-15(14)19-18(20)27-9-13-5-6-25-10-26-13/h3-4,7,11,13,21H,5-6,8-10H2,1-2H3/t11-,13-/m1/s1. The fraction of sp³-hybridized carbons (Fsp3) is 0.500. The van der Waals surface area contributed by atoms with Gasteiger partial charge in [-0.1, -0.05) is 11.8 Å². The first-order valence-corrected chi connectivity index (χ1v) is 9.61. The second kappa shape index (κ2) is 8.83. The Hall–Kier alpha value is -1.94. The minimum absolute atomic E-state index is 0.0118. The van der Waals surface area contributed by atoms with Crippen molar-refractivity contribution in [1.29, 1.82) is 0 Å². The smallest absolute Gasteiger partial charge is 0.337 e. The first kappa shape index (κ1) is 19.8. The van der Waals surface area contributed by atoms with E-state index in [4.69, 9.17) is 14.2 Å². The van der Waals surface area contributed by atoms with Crippen LogP contribution in [0.15, 0.2) is 28.2 Å². The highest BCUT2D eigenvalue weighted by Gasteiger charge is 2.19. The number of carbonyl (C=O) groups excluding carboxylic acids is 1. The number of hydrogen-bond acceptors (Lipinski definition) is 8. The van der Waals surface area contributed by atoms with Crippen molar-refractivity contribution >= 4 is 28.6 Å². The molecular weight excluding hydrogens is 372 g/mol. The Labute approximate surface area is 160 Å². The van der Waals surface area contributed by atoms with Gasteiger partial charge in [-0.05, 0) is 31.5 Å². The molecule has 1 aromatic carbocycles. The van der Waals surface area contributed by atoms with Crippen molar-refractivity contribution in [2.24, 2.45) is 0 Å². The van der Waals surface area contributed by atoms with Gasteiger partial charge in [-0.25, -0.2) is 9.78 Å². The average Bonchev–Trinajstić information content (AvgIpc) is 2.68. The minimum atomic E-state index is -0.699. The zero-order valence-electron chi connectivity index (χ0n) is 15.2. The maximum Gasteiger partial charge on any atom is 0.337 e. The summed E-state index contributed by atoms with van der Waals surface area (Å²) in [7, 11) is 1.30. The Morgan fingerprint density at radius 2 is 2.33 bits per heavy atom. The molecule has 0 aliphatic carbocycles. The summed E-state index contributed by atoms with van der Waals surface area (Å²) in [6.45, 7) is 2.66. The number of aliphatic hydroxyl groups is 1. The molecule has 1 N–H and O–H groups in total. The normalized spacial score (nSPS) is 18.4. The highest BCUT2D eigenvalue weighted by Crippen LogP contribution is 2.22. The quantitative estimate of drug-likeness (QED) is 0.446. The highest BCUT2D eigenvalue weighted by molar-refractivity contribution is 7.99. The molecule has 0 unspecified atom stereocenters. The van der Waals surface area contributed by atoms with E-state index in [1.165, 1.54) is 29.5 Å². The summed E-state index contributed by atoms with van der Waals surface area (Å²) in [6, 6.07) is 4.64. The predicted octanol–water partition coefficient (Wildman–Crippen LogP) is 1.42. The van der Waals surface area contributed by atoms with Gasteiger partial charge < -0.3 is 19.3 Å². The summed E-state index contributed by atoms with van der Waals surface area (Å²) in [5, 5.41) is 10.7. The number of thioether (sulfide) groups is 1. The molecule has 2 aromatic rings. The molecule has 1 saturated heterocycles. The van der Waals surface area contributed by atoms with Gasteiger partial charge >= 0.3 is 5.97 Å². The van der Waals surface area contributed by atoms with Crippen LogP contribution in [-0.4, -0.2) is 59.1 Å². The van der Waals surface area contributed by atoms with Crippen LogP contribution in [0.25, 0.3) is 10.9 Å². The van der Waals surface area contributed by atoms with Crippen molar-refractivity contribution < 1.29 is 24.1 Å².